The fraction of sp³-hybridized carbons (Fsp3) is 0.727. The van der Waals surface area contributed by atoms with Crippen LogP contribution < -0.4 is 10.6 Å². The van der Waals surface area contributed by atoms with Crippen molar-refractivity contribution in [1.82, 2.24) is 20.4 Å². The van der Waals surface area contributed by atoms with E-state index in [0.717, 1.165) is 0 Å². The second-order valence-corrected chi connectivity index (χ2v) is 4.07. The van der Waals surface area contributed by atoms with Crippen LogP contribution in [0.3, 0.4) is 0 Å². The summed E-state index contributed by atoms with van der Waals surface area (Å²) in [6.07, 6.45) is 0. The molecule has 0 spiro atoms. The van der Waals surface area contributed by atoms with Gasteiger partial charge in [0.2, 0.25) is 5.91 Å². The molecule has 0 radical (unpaired) electrons. The number of likely N-dealkylation sites (N-methyl/N-ethyl adjacent to an activating group) is 2. The van der Waals surface area contributed by atoms with E-state index in [1.165, 1.54) is 9.80 Å². The molecule has 0 aromatic rings. The van der Waals surface area contributed by atoms with Crippen molar-refractivity contribution in [2.24, 2.45) is 0 Å². The SMILES string of the molecule is CCN1CCN(CC(=O)NCCNC)C(=O)C1=O.Cl. The molecule has 0 aromatic carbocycles. The van der Waals surface area contributed by atoms with Crippen LogP contribution in [0, 0.1) is 0 Å². The fourth-order valence-electron chi connectivity index (χ4n) is 1.72. The minimum atomic E-state index is -0.591. The Morgan fingerprint density at radius 2 is 1.74 bits per heavy atom. The quantitative estimate of drug-likeness (QED) is 0.458. The van der Waals surface area contributed by atoms with E-state index in [1.54, 1.807) is 7.05 Å². The Hall–Kier alpha value is -1.34. The Kier molecular flexibility index (Phi) is 8.09. The molecule has 3 amide bonds. The molecule has 0 bridgehead atoms. The summed E-state index contributed by atoms with van der Waals surface area (Å²) in [7, 11) is 1.79. The maximum atomic E-state index is 11.7. The molecule has 0 aromatic heterocycles. The minimum Gasteiger partial charge on any atom is -0.353 e. The standard InChI is InChI=1S/C11H20N4O3.ClH/c1-3-14-6-7-15(11(18)10(14)17)8-9(16)13-5-4-12-2;/h12H,3-8H2,1-2H3,(H,13,16);1H. The minimum absolute atomic E-state index is 0. The highest BCUT2D eigenvalue weighted by Crippen LogP contribution is 2.04. The summed E-state index contributed by atoms with van der Waals surface area (Å²) < 4.78 is 0. The third-order valence-electron chi connectivity index (χ3n) is 2.81. The topological polar surface area (TPSA) is 81.8 Å². The first-order valence-electron chi connectivity index (χ1n) is 6.09. The molecule has 0 saturated carbocycles. The first-order chi connectivity index (χ1) is 8.60. The van der Waals surface area contributed by atoms with E-state index in [9.17, 15) is 14.4 Å². The number of rotatable bonds is 6. The molecule has 19 heavy (non-hydrogen) atoms. The number of nitrogens with one attached hydrogen (secondary N) is 2. The Bertz CT molecular complexity index is 338. The number of nitrogens with zero attached hydrogens (tertiary/aromatic N) is 2. The number of carbonyl (C=O) groups is 3. The average molecular weight is 293 g/mol. The highest BCUT2D eigenvalue weighted by molar-refractivity contribution is 6.35. The predicted molar refractivity (Wildman–Crippen MR) is 73.0 cm³/mol. The maximum absolute atomic E-state index is 11.7. The molecular weight excluding hydrogens is 272 g/mol. The van der Waals surface area contributed by atoms with Crippen LogP contribution in [-0.2, 0) is 14.4 Å². The number of hydrogen-bond donors (Lipinski definition) is 2. The van der Waals surface area contributed by atoms with Gasteiger partial charge in [-0.15, -0.1) is 12.4 Å². The van der Waals surface area contributed by atoms with Crippen molar-refractivity contribution in [1.29, 1.82) is 0 Å². The zero-order valence-corrected chi connectivity index (χ0v) is 12.1. The van der Waals surface area contributed by atoms with E-state index in [2.05, 4.69) is 10.6 Å². The van der Waals surface area contributed by atoms with E-state index >= 15 is 0 Å². The summed E-state index contributed by atoms with van der Waals surface area (Å²) in [6, 6.07) is 0. The van der Waals surface area contributed by atoms with E-state index in [1.807, 2.05) is 6.92 Å². The van der Waals surface area contributed by atoms with Gasteiger partial charge in [0, 0.05) is 32.7 Å². The van der Waals surface area contributed by atoms with Crippen LogP contribution in [0.4, 0.5) is 0 Å². The molecule has 110 valence electrons. The lowest BCUT2D eigenvalue weighted by atomic mass is 10.3. The molecule has 8 heteroatoms. The predicted octanol–water partition coefficient (Wildman–Crippen LogP) is -1.57. The van der Waals surface area contributed by atoms with Gasteiger partial charge in [0.05, 0.1) is 0 Å². The zero-order chi connectivity index (χ0) is 13.5. The molecule has 2 N–H and O–H groups in total. The third-order valence-corrected chi connectivity index (χ3v) is 2.81. The van der Waals surface area contributed by atoms with Gasteiger partial charge < -0.3 is 20.4 Å². The van der Waals surface area contributed by atoms with Gasteiger partial charge in [-0.1, -0.05) is 0 Å². The monoisotopic (exact) mass is 292 g/mol. The lowest BCUT2D eigenvalue weighted by molar-refractivity contribution is -0.156. The van der Waals surface area contributed by atoms with E-state index in [0.29, 0.717) is 32.7 Å². The van der Waals surface area contributed by atoms with Crippen LogP contribution in [0.15, 0.2) is 0 Å². The Morgan fingerprint density at radius 1 is 1.16 bits per heavy atom. The first kappa shape index (κ1) is 17.7. The van der Waals surface area contributed by atoms with Gasteiger partial charge in [-0.2, -0.15) is 0 Å². The van der Waals surface area contributed by atoms with Crippen molar-refractivity contribution in [2.45, 2.75) is 6.92 Å². The van der Waals surface area contributed by atoms with Crippen molar-refractivity contribution in [3.05, 3.63) is 0 Å². The Balaban J connectivity index is 0.00000324. The first-order valence-corrected chi connectivity index (χ1v) is 6.09. The highest BCUT2D eigenvalue weighted by Gasteiger charge is 2.32. The number of carbonyl (C=O) groups excluding carboxylic acids is 3. The molecule has 1 heterocycles. The Labute approximate surface area is 119 Å². The largest absolute Gasteiger partial charge is 0.353 e. The molecule has 1 saturated heterocycles. The normalized spacial score (nSPS) is 15.3. The van der Waals surface area contributed by atoms with Gasteiger partial charge in [0.1, 0.15) is 6.54 Å². The van der Waals surface area contributed by atoms with Gasteiger partial charge in [-0.25, -0.2) is 0 Å². The summed E-state index contributed by atoms with van der Waals surface area (Å²) in [5.74, 6) is -1.35. The lowest BCUT2D eigenvalue weighted by Gasteiger charge is -2.32. The van der Waals surface area contributed by atoms with Crippen molar-refractivity contribution in [3.8, 4) is 0 Å². The summed E-state index contributed by atoms with van der Waals surface area (Å²) in [4.78, 5) is 37.6. The van der Waals surface area contributed by atoms with Gasteiger partial charge in [0.25, 0.3) is 0 Å². The molecule has 1 rings (SSSR count). The maximum Gasteiger partial charge on any atom is 0.312 e. The van der Waals surface area contributed by atoms with Crippen molar-refractivity contribution in [3.63, 3.8) is 0 Å². The van der Waals surface area contributed by atoms with Gasteiger partial charge in [-0.3, -0.25) is 14.4 Å². The van der Waals surface area contributed by atoms with Crippen molar-refractivity contribution >= 4 is 30.1 Å². The van der Waals surface area contributed by atoms with Gasteiger partial charge in [0.15, 0.2) is 0 Å². The van der Waals surface area contributed by atoms with Gasteiger partial charge >= 0.3 is 11.8 Å². The summed E-state index contributed by atoms with van der Waals surface area (Å²) in [6.45, 7) is 4.38. The van der Waals surface area contributed by atoms with Crippen LogP contribution in [0.5, 0.6) is 0 Å². The summed E-state index contributed by atoms with van der Waals surface area (Å²) in [5, 5.41) is 5.57. The van der Waals surface area contributed by atoms with Crippen LogP contribution in [0.1, 0.15) is 6.92 Å². The van der Waals surface area contributed by atoms with Crippen molar-refractivity contribution < 1.29 is 14.4 Å². The molecule has 0 unspecified atom stereocenters. The molecule has 1 fully saturated rings. The van der Waals surface area contributed by atoms with Gasteiger partial charge in [-0.05, 0) is 14.0 Å². The second kappa shape index (κ2) is 8.71. The van der Waals surface area contributed by atoms with E-state index in [-0.39, 0.29) is 24.9 Å². The summed E-state index contributed by atoms with van der Waals surface area (Å²) in [5.41, 5.74) is 0. The highest BCUT2D eigenvalue weighted by atomic mass is 35.5. The molecule has 7 nitrogen and oxygen atoms in total. The fourth-order valence-corrected chi connectivity index (χ4v) is 1.72. The number of piperazine rings is 1. The van der Waals surface area contributed by atoms with E-state index < -0.39 is 11.8 Å². The number of hydrogen-bond acceptors (Lipinski definition) is 4. The second-order valence-electron chi connectivity index (χ2n) is 4.07. The van der Waals surface area contributed by atoms with Crippen LogP contribution in [0.2, 0.25) is 0 Å². The smallest absolute Gasteiger partial charge is 0.312 e. The zero-order valence-electron chi connectivity index (χ0n) is 11.3. The third kappa shape index (κ3) is 5.04. The molecule has 0 aliphatic carbocycles. The molecule has 1 aliphatic rings. The van der Waals surface area contributed by atoms with Crippen LogP contribution in [-0.4, -0.2) is 73.8 Å². The number of halogens is 1. The lowest BCUT2D eigenvalue weighted by Crippen LogP contribution is -2.56. The van der Waals surface area contributed by atoms with Crippen LogP contribution in [0.25, 0.3) is 0 Å². The molecular formula is C11H21ClN4O3. The average Bonchev–Trinajstić information content (AvgIpc) is 2.36. The van der Waals surface area contributed by atoms with Crippen LogP contribution >= 0.6 is 12.4 Å². The van der Waals surface area contributed by atoms with Crippen molar-refractivity contribution in [2.75, 3.05) is 46.3 Å². The molecule has 0 atom stereocenters. The van der Waals surface area contributed by atoms with E-state index in [4.69, 9.17) is 0 Å². The Morgan fingerprint density at radius 3 is 2.32 bits per heavy atom. The summed E-state index contributed by atoms with van der Waals surface area (Å²) >= 11 is 0. The molecule has 1 aliphatic heterocycles. The number of amides is 3.